The molecule has 0 fully saturated rings. The minimum Gasteiger partial charge on any atom is -0.393 e. The molecule has 2 atom stereocenters. The third kappa shape index (κ3) is 4.56. The summed E-state index contributed by atoms with van der Waals surface area (Å²) in [4.78, 5) is 12.5. The first-order valence-corrected chi connectivity index (χ1v) is 8.01. The van der Waals surface area contributed by atoms with Crippen molar-refractivity contribution in [3.05, 3.63) is 41.0 Å². The van der Waals surface area contributed by atoms with Crippen molar-refractivity contribution in [2.75, 3.05) is 6.54 Å². The van der Waals surface area contributed by atoms with Gasteiger partial charge in [0.25, 0.3) is 5.91 Å². The van der Waals surface area contributed by atoms with Crippen LogP contribution in [0, 0.1) is 5.92 Å². The monoisotopic (exact) mass is 335 g/mol. The highest BCUT2D eigenvalue weighted by Crippen LogP contribution is 2.28. The van der Waals surface area contributed by atoms with Crippen LogP contribution >= 0.6 is 11.6 Å². The van der Waals surface area contributed by atoms with Crippen molar-refractivity contribution in [2.24, 2.45) is 13.0 Å². The van der Waals surface area contributed by atoms with Crippen molar-refractivity contribution < 1.29 is 9.90 Å². The number of aryl methyl sites for hydroxylation is 1. The second-order valence-electron chi connectivity index (χ2n) is 5.94. The highest BCUT2D eigenvalue weighted by molar-refractivity contribution is 6.33. The molecule has 1 aromatic heterocycles. The van der Waals surface area contributed by atoms with Gasteiger partial charge in [-0.15, -0.1) is 0 Å². The van der Waals surface area contributed by atoms with Gasteiger partial charge in [0.05, 0.1) is 16.7 Å². The molecule has 124 valence electrons. The third-order valence-electron chi connectivity index (χ3n) is 3.56. The number of halogens is 1. The highest BCUT2D eigenvalue weighted by atomic mass is 35.5. The van der Waals surface area contributed by atoms with Gasteiger partial charge in [-0.2, -0.15) is 5.10 Å². The summed E-state index contributed by atoms with van der Waals surface area (Å²) < 4.78 is 1.60. The van der Waals surface area contributed by atoms with Crippen LogP contribution in [0.1, 0.15) is 30.6 Å². The van der Waals surface area contributed by atoms with E-state index in [9.17, 15) is 9.90 Å². The normalized spacial score (nSPS) is 13.6. The van der Waals surface area contributed by atoms with Crippen molar-refractivity contribution in [3.63, 3.8) is 0 Å². The quantitative estimate of drug-likeness (QED) is 0.853. The molecule has 2 N–H and O–H groups in total. The summed E-state index contributed by atoms with van der Waals surface area (Å²) >= 11 is 6.22. The van der Waals surface area contributed by atoms with Gasteiger partial charge in [0, 0.05) is 25.4 Å². The molecular formula is C17H22ClN3O2. The van der Waals surface area contributed by atoms with E-state index in [-0.39, 0.29) is 17.9 Å². The van der Waals surface area contributed by atoms with Crippen LogP contribution in [0.15, 0.2) is 30.5 Å². The predicted molar refractivity (Wildman–Crippen MR) is 91.4 cm³/mol. The van der Waals surface area contributed by atoms with Crippen molar-refractivity contribution in [1.82, 2.24) is 15.1 Å². The lowest BCUT2D eigenvalue weighted by Crippen LogP contribution is -2.29. The van der Waals surface area contributed by atoms with Crippen LogP contribution in [0.25, 0.3) is 11.3 Å². The van der Waals surface area contributed by atoms with Crippen LogP contribution in [0.3, 0.4) is 0 Å². The molecule has 0 saturated heterocycles. The molecule has 0 bridgehead atoms. The number of aliphatic hydroxyl groups is 1. The van der Waals surface area contributed by atoms with E-state index in [0.29, 0.717) is 29.2 Å². The number of carbonyl (C=O) groups is 1. The summed E-state index contributed by atoms with van der Waals surface area (Å²) in [7, 11) is 1.77. The van der Waals surface area contributed by atoms with E-state index in [0.717, 1.165) is 5.56 Å². The Hall–Kier alpha value is -1.85. The van der Waals surface area contributed by atoms with Gasteiger partial charge in [-0.1, -0.05) is 36.7 Å². The molecule has 0 aliphatic heterocycles. The van der Waals surface area contributed by atoms with Crippen LogP contribution in [-0.4, -0.2) is 33.4 Å². The molecule has 1 amide bonds. The minimum absolute atomic E-state index is 0.189. The van der Waals surface area contributed by atoms with E-state index in [1.165, 1.54) is 0 Å². The Balaban J connectivity index is 2.17. The Morgan fingerprint density at radius 3 is 2.74 bits per heavy atom. The van der Waals surface area contributed by atoms with Crippen LogP contribution in [0.4, 0.5) is 0 Å². The van der Waals surface area contributed by atoms with E-state index in [1.807, 2.05) is 25.1 Å². The fourth-order valence-electron chi connectivity index (χ4n) is 2.53. The zero-order valence-electron chi connectivity index (χ0n) is 13.6. The molecule has 0 radical (unpaired) electrons. The molecule has 0 spiro atoms. The average Bonchev–Trinajstić information content (AvgIpc) is 2.86. The standard InChI is InChI=1S/C17H22ClN3O2/c1-11(8-12(2)22)9-19-17(23)14-10-21(3)20-16(14)13-6-4-5-7-15(13)18/h4-7,10-12,22H,8-9H2,1-3H3,(H,19,23). The van der Waals surface area contributed by atoms with Crippen molar-refractivity contribution >= 4 is 17.5 Å². The van der Waals surface area contributed by atoms with Crippen LogP contribution in [0.2, 0.25) is 5.02 Å². The number of nitrogens with one attached hydrogen (secondary N) is 1. The maximum atomic E-state index is 12.5. The third-order valence-corrected chi connectivity index (χ3v) is 3.89. The topological polar surface area (TPSA) is 67.2 Å². The summed E-state index contributed by atoms with van der Waals surface area (Å²) in [6.07, 6.45) is 1.96. The van der Waals surface area contributed by atoms with Gasteiger partial charge in [-0.05, 0) is 25.3 Å². The lowest BCUT2D eigenvalue weighted by atomic mass is 10.0. The summed E-state index contributed by atoms with van der Waals surface area (Å²) in [6, 6.07) is 7.32. The second kappa shape index (κ2) is 7.62. The zero-order valence-corrected chi connectivity index (χ0v) is 14.3. The van der Waals surface area contributed by atoms with Gasteiger partial charge in [-0.25, -0.2) is 0 Å². The van der Waals surface area contributed by atoms with Crippen LogP contribution in [0.5, 0.6) is 0 Å². The summed E-state index contributed by atoms with van der Waals surface area (Å²) in [5, 5.41) is 17.2. The van der Waals surface area contributed by atoms with Crippen molar-refractivity contribution in [1.29, 1.82) is 0 Å². The van der Waals surface area contributed by atoms with Crippen molar-refractivity contribution in [3.8, 4) is 11.3 Å². The lowest BCUT2D eigenvalue weighted by molar-refractivity contribution is 0.0940. The Labute approximate surface area is 141 Å². The molecular weight excluding hydrogens is 314 g/mol. The lowest BCUT2D eigenvalue weighted by Gasteiger charge is -2.14. The average molecular weight is 336 g/mol. The molecule has 2 rings (SSSR count). The van der Waals surface area contributed by atoms with Gasteiger partial charge in [0.1, 0.15) is 5.69 Å². The number of hydrogen-bond donors (Lipinski definition) is 2. The molecule has 0 aliphatic carbocycles. The van der Waals surface area contributed by atoms with Crippen LogP contribution in [-0.2, 0) is 7.05 Å². The molecule has 1 heterocycles. The molecule has 2 unspecified atom stereocenters. The van der Waals surface area contributed by atoms with E-state index in [1.54, 1.807) is 30.9 Å². The molecule has 1 aromatic carbocycles. The Bertz CT molecular complexity index is 682. The Morgan fingerprint density at radius 1 is 1.39 bits per heavy atom. The summed E-state index contributed by atoms with van der Waals surface area (Å²) in [5.74, 6) is 0.00449. The summed E-state index contributed by atoms with van der Waals surface area (Å²) in [5.41, 5.74) is 1.79. The van der Waals surface area contributed by atoms with E-state index in [4.69, 9.17) is 11.6 Å². The van der Waals surface area contributed by atoms with Crippen molar-refractivity contribution in [2.45, 2.75) is 26.4 Å². The number of nitrogens with zero attached hydrogens (tertiary/aromatic N) is 2. The smallest absolute Gasteiger partial charge is 0.255 e. The first-order chi connectivity index (χ1) is 10.9. The zero-order chi connectivity index (χ0) is 17.0. The number of hydrogen-bond acceptors (Lipinski definition) is 3. The molecule has 0 saturated carbocycles. The SMILES string of the molecule is CC(O)CC(C)CNC(=O)c1cn(C)nc1-c1ccccc1Cl. The number of benzene rings is 1. The maximum Gasteiger partial charge on any atom is 0.255 e. The maximum absolute atomic E-state index is 12.5. The molecule has 5 nitrogen and oxygen atoms in total. The molecule has 6 heteroatoms. The van der Waals surface area contributed by atoms with Gasteiger partial charge >= 0.3 is 0 Å². The van der Waals surface area contributed by atoms with Gasteiger partial charge < -0.3 is 10.4 Å². The first kappa shape index (κ1) is 17.5. The van der Waals surface area contributed by atoms with E-state index >= 15 is 0 Å². The number of rotatable bonds is 6. The molecule has 23 heavy (non-hydrogen) atoms. The highest BCUT2D eigenvalue weighted by Gasteiger charge is 2.19. The molecule has 0 aliphatic rings. The largest absolute Gasteiger partial charge is 0.393 e. The Kier molecular flexibility index (Phi) is 5.80. The number of amides is 1. The number of aromatic nitrogens is 2. The minimum atomic E-state index is -0.376. The van der Waals surface area contributed by atoms with E-state index < -0.39 is 0 Å². The molecule has 2 aromatic rings. The summed E-state index contributed by atoms with van der Waals surface area (Å²) in [6.45, 7) is 4.24. The number of carbonyl (C=O) groups excluding carboxylic acids is 1. The van der Waals surface area contributed by atoms with Gasteiger partial charge in [0.15, 0.2) is 0 Å². The van der Waals surface area contributed by atoms with E-state index in [2.05, 4.69) is 10.4 Å². The predicted octanol–water partition coefficient (Wildman–Crippen LogP) is 2.88. The number of aliphatic hydroxyl groups excluding tert-OH is 1. The first-order valence-electron chi connectivity index (χ1n) is 7.63. The van der Waals surface area contributed by atoms with Crippen LogP contribution < -0.4 is 5.32 Å². The second-order valence-corrected chi connectivity index (χ2v) is 6.35. The van der Waals surface area contributed by atoms with Gasteiger partial charge in [-0.3, -0.25) is 9.48 Å². The Morgan fingerprint density at radius 2 is 2.09 bits per heavy atom. The fraction of sp³-hybridized carbons (Fsp3) is 0.412. The fourth-order valence-corrected chi connectivity index (χ4v) is 2.76. The van der Waals surface area contributed by atoms with Gasteiger partial charge in [0.2, 0.25) is 0 Å².